The number of nitrogens with one attached hydrogen (secondary N) is 1. The van der Waals surface area contributed by atoms with E-state index in [1.807, 2.05) is 0 Å². The van der Waals surface area contributed by atoms with Gasteiger partial charge in [0.15, 0.2) is 0 Å². The van der Waals surface area contributed by atoms with Gasteiger partial charge in [0.2, 0.25) is 0 Å². The minimum Gasteiger partial charge on any atom is -0.392 e. The highest BCUT2D eigenvalue weighted by Crippen LogP contribution is 2.44. The fourth-order valence-corrected chi connectivity index (χ4v) is 5.65. The summed E-state index contributed by atoms with van der Waals surface area (Å²) in [6.07, 6.45) is 16.2. The molecule has 0 aliphatic heterocycles. The molecule has 5 atom stereocenters. The minimum atomic E-state index is -0.512. The standard InChI is InChI=1S/C27H41F2NO/c1-19-8-5-6-13-27(19,22-10-7-9-21(16-22)26(2,3)4)30-18-25(31)12-11-20-14-23(28)17-24(29)15-20/h7,9,14,16-17,19-20,22,25,30-31H,5-6,8,10-13,15,18H2,1-4H3. The molecule has 0 aromatic rings. The summed E-state index contributed by atoms with van der Waals surface area (Å²) >= 11 is 0. The number of rotatable bonds is 7. The maximum Gasteiger partial charge on any atom is 0.122 e. The number of allylic oxidation sites excluding steroid dienone is 7. The highest BCUT2D eigenvalue weighted by molar-refractivity contribution is 5.31. The Morgan fingerprint density at radius 2 is 2.00 bits per heavy atom. The summed E-state index contributed by atoms with van der Waals surface area (Å²) in [4.78, 5) is 0. The molecule has 1 saturated carbocycles. The number of aliphatic hydroxyl groups is 1. The van der Waals surface area contributed by atoms with Gasteiger partial charge in [0.25, 0.3) is 0 Å². The summed E-state index contributed by atoms with van der Waals surface area (Å²) in [7, 11) is 0. The lowest BCUT2D eigenvalue weighted by Gasteiger charge is -2.49. The number of hydrogen-bond acceptors (Lipinski definition) is 2. The minimum absolute atomic E-state index is 0.00775. The Hall–Kier alpha value is -1.26. The Labute approximate surface area is 187 Å². The van der Waals surface area contributed by atoms with Gasteiger partial charge in [0.05, 0.1) is 6.10 Å². The molecule has 0 amide bonds. The van der Waals surface area contributed by atoms with Crippen LogP contribution in [-0.2, 0) is 0 Å². The fraction of sp³-hybridized carbons (Fsp3) is 0.704. The lowest BCUT2D eigenvalue weighted by atomic mass is 9.63. The van der Waals surface area contributed by atoms with E-state index < -0.39 is 17.8 Å². The van der Waals surface area contributed by atoms with E-state index in [0.29, 0.717) is 31.2 Å². The molecule has 1 fully saturated rings. The first-order valence-corrected chi connectivity index (χ1v) is 12.2. The summed E-state index contributed by atoms with van der Waals surface area (Å²) < 4.78 is 27.0. The molecule has 0 saturated heterocycles. The van der Waals surface area contributed by atoms with Crippen LogP contribution in [0.2, 0.25) is 0 Å². The van der Waals surface area contributed by atoms with E-state index in [1.165, 1.54) is 30.9 Å². The summed E-state index contributed by atoms with van der Waals surface area (Å²) in [5.74, 6) is -0.105. The van der Waals surface area contributed by atoms with Gasteiger partial charge in [0, 0.05) is 24.6 Å². The molecule has 5 unspecified atom stereocenters. The van der Waals surface area contributed by atoms with Crippen LogP contribution in [0.3, 0.4) is 0 Å². The molecule has 4 heteroatoms. The fourth-order valence-electron chi connectivity index (χ4n) is 5.65. The maximum atomic E-state index is 13.5. The zero-order chi connectivity index (χ0) is 22.6. The molecular formula is C27H41F2NO. The highest BCUT2D eigenvalue weighted by Gasteiger charge is 2.44. The average Bonchev–Trinajstić information content (AvgIpc) is 2.71. The van der Waals surface area contributed by atoms with Crippen molar-refractivity contribution in [3.8, 4) is 0 Å². The SMILES string of the molecule is CC1CCCCC1(NCC(O)CCC1C=C(F)C=C(F)C1)C1C=C(C(C)(C)C)C=CC1. The van der Waals surface area contributed by atoms with Crippen molar-refractivity contribution in [1.82, 2.24) is 5.32 Å². The molecule has 31 heavy (non-hydrogen) atoms. The van der Waals surface area contributed by atoms with Gasteiger partial charge in [0.1, 0.15) is 11.7 Å². The topological polar surface area (TPSA) is 32.3 Å². The predicted molar refractivity (Wildman–Crippen MR) is 125 cm³/mol. The van der Waals surface area contributed by atoms with Gasteiger partial charge in [-0.25, -0.2) is 8.78 Å². The number of halogens is 2. The lowest BCUT2D eigenvalue weighted by molar-refractivity contribution is 0.0745. The summed E-state index contributed by atoms with van der Waals surface area (Å²) in [5, 5.41) is 14.5. The number of β-amino-alcohol motifs (C(OH)–C–C–N with tert-alkyl or cyclic N) is 1. The van der Waals surface area contributed by atoms with Crippen molar-refractivity contribution >= 4 is 0 Å². The first-order valence-electron chi connectivity index (χ1n) is 12.2. The van der Waals surface area contributed by atoms with Gasteiger partial charge in [-0.05, 0) is 66.9 Å². The Kier molecular flexibility index (Phi) is 7.96. The van der Waals surface area contributed by atoms with Crippen molar-refractivity contribution in [3.05, 3.63) is 47.6 Å². The third kappa shape index (κ3) is 6.16. The van der Waals surface area contributed by atoms with Gasteiger partial charge in [-0.3, -0.25) is 0 Å². The maximum absolute atomic E-state index is 13.5. The van der Waals surface area contributed by atoms with Crippen molar-refractivity contribution in [1.29, 1.82) is 0 Å². The summed E-state index contributed by atoms with van der Waals surface area (Å²) in [5.41, 5.74) is 1.51. The summed E-state index contributed by atoms with van der Waals surface area (Å²) in [6, 6.07) is 0. The molecule has 3 rings (SSSR count). The molecule has 2 nitrogen and oxygen atoms in total. The van der Waals surface area contributed by atoms with Crippen LogP contribution in [0.4, 0.5) is 8.78 Å². The smallest absolute Gasteiger partial charge is 0.122 e. The first kappa shape index (κ1) is 24.4. The lowest BCUT2D eigenvalue weighted by Crippen LogP contribution is -2.58. The van der Waals surface area contributed by atoms with E-state index in [9.17, 15) is 13.9 Å². The van der Waals surface area contributed by atoms with Crippen molar-refractivity contribution in [3.63, 3.8) is 0 Å². The highest BCUT2D eigenvalue weighted by atomic mass is 19.1. The van der Waals surface area contributed by atoms with Crippen LogP contribution in [0.1, 0.15) is 79.1 Å². The van der Waals surface area contributed by atoms with Gasteiger partial charge < -0.3 is 10.4 Å². The average molecular weight is 434 g/mol. The monoisotopic (exact) mass is 433 g/mol. The largest absolute Gasteiger partial charge is 0.392 e. The second-order valence-electron chi connectivity index (χ2n) is 11.0. The van der Waals surface area contributed by atoms with Crippen LogP contribution >= 0.6 is 0 Å². The molecule has 0 aromatic heterocycles. The zero-order valence-electron chi connectivity index (χ0n) is 19.8. The van der Waals surface area contributed by atoms with Crippen molar-refractivity contribution < 1.29 is 13.9 Å². The normalized spacial score (nSPS) is 32.9. The van der Waals surface area contributed by atoms with E-state index in [-0.39, 0.29) is 23.3 Å². The van der Waals surface area contributed by atoms with Gasteiger partial charge in [-0.15, -0.1) is 0 Å². The molecule has 0 radical (unpaired) electrons. The summed E-state index contributed by atoms with van der Waals surface area (Å²) in [6.45, 7) is 9.67. The van der Waals surface area contributed by atoms with Crippen LogP contribution in [0.15, 0.2) is 47.6 Å². The third-order valence-corrected chi connectivity index (χ3v) is 7.64. The van der Waals surface area contributed by atoms with Gasteiger partial charge >= 0.3 is 0 Å². The molecule has 0 aromatic carbocycles. The molecule has 174 valence electrons. The molecule has 3 aliphatic carbocycles. The molecule has 3 aliphatic rings. The van der Waals surface area contributed by atoms with Crippen LogP contribution in [0.25, 0.3) is 0 Å². The van der Waals surface area contributed by atoms with E-state index in [0.717, 1.165) is 18.9 Å². The van der Waals surface area contributed by atoms with E-state index in [4.69, 9.17) is 0 Å². The van der Waals surface area contributed by atoms with E-state index in [1.54, 1.807) is 0 Å². The second-order valence-corrected chi connectivity index (χ2v) is 11.0. The van der Waals surface area contributed by atoms with Crippen LogP contribution in [0.5, 0.6) is 0 Å². The van der Waals surface area contributed by atoms with Gasteiger partial charge in [-0.2, -0.15) is 0 Å². The number of aliphatic hydroxyl groups excluding tert-OH is 1. The number of hydrogen-bond donors (Lipinski definition) is 2. The molecular weight excluding hydrogens is 392 g/mol. The van der Waals surface area contributed by atoms with Gasteiger partial charge in [-0.1, -0.05) is 58.8 Å². The van der Waals surface area contributed by atoms with Crippen molar-refractivity contribution in [2.75, 3.05) is 6.54 Å². The van der Waals surface area contributed by atoms with Crippen LogP contribution in [-0.4, -0.2) is 23.3 Å². The van der Waals surface area contributed by atoms with Crippen LogP contribution < -0.4 is 5.32 Å². The van der Waals surface area contributed by atoms with E-state index in [2.05, 4.69) is 51.2 Å². The quantitative estimate of drug-likeness (QED) is 0.456. The molecule has 0 heterocycles. The van der Waals surface area contributed by atoms with Crippen LogP contribution in [0, 0.1) is 23.2 Å². The third-order valence-electron chi connectivity index (χ3n) is 7.64. The Morgan fingerprint density at radius 1 is 1.23 bits per heavy atom. The second kappa shape index (κ2) is 10.1. The predicted octanol–water partition coefficient (Wildman–Crippen LogP) is 6.94. The first-order chi connectivity index (χ1) is 14.6. The van der Waals surface area contributed by atoms with E-state index >= 15 is 0 Å². The molecule has 0 bridgehead atoms. The Bertz CT molecular complexity index is 745. The van der Waals surface area contributed by atoms with Crippen molar-refractivity contribution in [2.24, 2.45) is 23.2 Å². The Balaban J connectivity index is 1.64. The zero-order valence-corrected chi connectivity index (χ0v) is 19.8. The Morgan fingerprint density at radius 3 is 2.68 bits per heavy atom. The molecule has 0 spiro atoms. The molecule has 2 N–H and O–H groups in total. The van der Waals surface area contributed by atoms with Crippen molar-refractivity contribution in [2.45, 2.75) is 90.7 Å².